The summed E-state index contributed by atoms with van der Waals surface area (Å²) >= 11 is 0. The molecule has 1 amide bonds. The monoisotopic (exact) mass is 327 g/mol. The van der Waals surface area contributed by atoms with E-state index >= 15 is 0 Å². The van der Waals surface area contributed by atoms with Crippen LogP contribution in [0.1, 0.15) is 29.4 Å². The van der Waals surface area contributed by atoms with Gasteiger partial charge in [-0.05, 0) is 37.3 Å². The molecule has 8 nitrogen and oxygen atoms in total. The predicted molar refractivity (Wildman–Crippen MR) is 80.4 cm³/mol. The van der Waals surface area contributed by atoms with E-state index in [2.05, 4.69) is 15.5 Å². The molecular formula is C16H13N3O5. The molecule has 8 heteroatoms. The van der Waals surface area contributed by atoms with E-state index in [-0.39, 0.29) is 18.5 Å². The summed E-state index contributed by atoms with van der Waals surface area (Å²) in [7, 11) is 0. The van der Waals surface area contributed by atoms with Crippen LogP contribution in [-0.4, -0.2) is 22.8 Å². The lowest BCUT2D eigenvalue weighted by molar-refractivity contribution is 0.0904. The Balaban J connectivity index is 1.51. The third kappa shape index (κ3) is 2.58. The van der Waals surface area contributed by atoms with Crippen LogP contribution in [0.3, 0.4) is 0 Å². The van der Waals surface area contributed by atoms with E-state index in [4.69, 9.17) is 18.4 Å². The van der Waals surface area contributed by atoms with E-state index < -0.39 is 6.04 Å². The molecule has 1 N–H and O–H groups in total. The summed E-state index contributed by atoms with van der Waals surface area (Å²) in [4.78, 5) is 16.3. The number of carbonyl (C=O) groups is 1. The van der Waals surface area contributed by atoms with Crippen LogP contribution in [0, 0.1) is 0 Å². The van der Waals surface area contributed by atoms with Crippen molar-refractivity contribution < 1.29 is 23.2 Å². The average Bonchev–Trinajstić information content (AvgIpc) is 3.33. The van der Waals surface area contributed by atoms with Crippen molar-refractivity contribution in [2.24, 2.45) is 0 Å². The van der Waals surface area contributed by atoms with Crippen molar-refractivity contribution in [1.29, 1.82) is 0 Å². The molecule has 3 heterocycles. The van der Waals surface area contributed by atoms with Crippen molar-refractivity contribution in [2.75, 3.05) is 6.79 Å². The lowest BCUT2D eigenvalue weighted by atomic mass is 10.2. The van der Waals surface area contributed by atoms with Crippen molar-refractivity contribution >= 4 is 5.91 Å². The Kier molecular flexibility index (Phi) is 3.42. The summed E-state index contributed by atoms with van der Waals surface area (Å²) in [5.74, 6) is 1.89. The van der Waals surface area contributed by atoms with E-state index in [9.17, 15) is 4.79 Å². The van der Waals surface area contributed by atoms with Gasteiger partial charge in [0.1, 0.15) is 6.04 Å². The summed E-state index contributed by atoms with van der Waals surface area (Å²) in [5.41, 5.74) is 0.735. The minimum Gasteiger partial charge on any atom is -0.459 e. The lowest BCUT2D eigenvalue weighted by Gasteiger charge is -2.07. The molecule has 0 bridgehead atoms. The molecular weight excluding hydrogens is 314 g/mol. The Labute approximate surface area is 136 Å². The second-order valence-electron chi connectivity index (χ2n) is 5.20. The van der Waals surface area contributed by atoms with Crippen molar-refractivity contribution in [2.45, 2.75) is 13.0 Å². The van der Waals surface area contributed by atoms with Crippen LogP contribution < -0.4 is 14.8 Å². The number of fused-ring (bicyclic) bond motifs is 1. The first-order valence-corrected chi connectivity index (χ1v) is 7.29. The largest absolute Gasteiger partial charge is 0.459 e. The summed E-state index contributed by atoms with van der Waals surface area (Å²) in [6, 6.07) is 8.14. The van der Waals surface area contributed by atoms with Gasteiger partial charge in [-0.15, -0.1) is 0 Å². The highest BCUT2D eigenvalue weighted by atomic mass is 16.7. The molecule has 1 aromatic carbocycles. The molecule has 2 aromatic heterocycles. The molecule has 0 saturated carbocycles. The van der Waals surface area contributed by atoms with Crippen molar-refractivity contribution in [3.63, 3.8) is 0 Å². The molecule has 0 aliphatic carbocycles. The van der Waals surface area contributed by atoms with Gasteiger partial charge < -0.3 is 23.7 Å². The highest BCUT2D eigenvalue weighted by Crippen LogP contribution is 2.35. The SMILES string of the molecule is CC(NC(=O)c1ccco1)c1nc(-c2ccc3c(c2)OCO3)no1. The van der Waals surface area contributed by atoms with Gasteiger partial charge in [-0.1, -0.05) is 5.16 Å². The molecule has 24 heavy (non-hydrogen) atoms. The summed E-state index contributed by atoms with van der Waals surface area (Å²) < 4.78 is 20.9. The maximum absolute atomic E-state index is 12.0. The second kappa shape index (κ2) is 5.73. The molecule has 0 radical (unpaired) electrons. The maximum atomic E-state index is 12.0. The first-order valence-electron chi connectivity index (χ1n) is 7.29. The van der Waals surface area contributed by atoms with Gasteiger partial charge in [0.05, 0.1) is 6.26 Å². The predicted octanol–water partition coefficient (Wildman–Crippen LogP) is 2.55. The van der Waals surface area contributed by atoms with Gasteiger partial charge in [-0.25, -0.2) is 0 Å². The molecule has 4 rings (SSSR count). The van der Waals surface area contributed by atoms with Crippen molar-refractivity contribution in [1.82, 2.24) is 15.5 Å². The van der Waals surface area contributed by atoms with Crippen molar-refractivity contribution in [3.8, 4) is 22.9 Å². The number of hydrogen-bond donors (Lipinski definition) is 1. The molecule has 122 valence electrons. The van der Waals surface area contributed by atoms with Crippen molar-refractivity contribution in [3.05, 3.63) is 48.2 Å². The number of amides is 1. The summed E-state index contributed by atoms with van der Waals surface area (Å²) in [5, 5.41) is 6.68. The Hall–Kier alpha value is -3.29. The molecule has 1 unspecified atom stereocenters. The Morgan fingerprint density at radius 3 is 2.96 bits per heavy atom. The highest BCUT2D eigenvalue weighted by Gasteiger charge is 2.21. The van der Waals surface area contributed by atoms with Gasteiger partial charge in [0.2, 0.25) is 18.5 Å². The molecule has 3 aromatic rings. The van der Waals surface area contributed by atoms with Gasteiger partial charge >= 0.3 is 0 Å². The van der Waals surface area contributed by atoms with Crippen LogP contribution in [0.2, 0.25) is 0 Å². The van der Waals surface area contributed by atoms with E-state index in [0.717, 1.165) is 5.56 Å². The number of benzene rings is 1. The summed E-state index contributed by atoms with van der Waals surface area (Å²) in [6.45, 7) is 1.95. The fraction of sp³-hybridized carbons (Fsp3) is 0.188. The first kappa shape index (κ1) is 14.3. The van der Waals surface area contributed by atoms with Gasteiger partial charge in [0, 0.05) is 5.56 Å². The van der Waals surface area contributed by atoms with Crippen LogP contribution in [0.4, 0.5) is 0 Å². The highest BCUT2D eigenvalue weighted by molar-refractivity contribution is 5.91. The van der Waals surface area contributed by atoms with E-state index in [1.165, 1.54) is 6.26 Å². The fourth-order valence-corrected chi connectivity index (χ4v) is 2.30. The number of ether oxygens (including phenoxy) is 2. The quantitative estimate of drug-likeness (QED) is 0.786. The number of hydrogen-bond acceptors (Lipinski definition) is 7. The minimum atomic E-state index is -0.460. The minimum absolute atomic E-state index is 0.201. The number of nitrogens with zero attached hydrogens (tertiary/aromatic N) is 2. The number of carbonyl (C=O) groups excluding carboxylic acids is 1. The standard InChI is InChI=1S/C16H13N3O5/c1-9(17-15(20)12-3-2-6-21-12)16-18-14(19-24-16)10-4-5-11-13(7-10)23-8-22-11/h2-7,9H,8H2,1H3,(H,17,20). The van der Waals surface area contributed by atoms with Crippen LogP contribution in [0.25, 0.3) is 11.4 Å². The van der Waals surface area contributed by atoms with E-state index in [1.807, 2.05) is 6.07 Å². The zero-order valence-corrected chi connectivity index (χ0v) is 12.7. The van der Waals surface area contributed by atoms with Gasteiger partial charge in [0.15, 0.2) is 17.3 Å². The zero-order chi connectivity index (χ0) is 16.5. The normalized spacial score (nSPS) is 13.7. The van der Waals surface area contributed by atoms with Gasteiger partial charge in [0.25, 0.3) is 5.91 Å². The van der Waals surface area contributed by atoms with Crippen LogP contribution >= 0.6 is 0 Å². The first-order chi connectivity index (χ1) is 11.7. The number of furan rings is 1. The molecule has 0 spiro atoms. The fourth-order valence-electron chi connectivity index (χ4n) is 2.30. The smallest absolute Gasteiger partial charge is 0.287 e. The summed E-state index contributed by atoms with van der Waals surface area (Å²) in [6.07, 6.45) is 1.43. The van der Waals surface area contributed by atoms with Crippen LogP contribution in [-0.2, 0) is 0 Å². The topological polar surface area (TPSA) is 99.6 Å². The van der Waals surface area contributed by atoms with Gasteiger partial charge in [-0.3, -0.25) is 4.79 Å². The molecule has 1 aliphatic heterocycles. The number of aromatic nitrogens is 2. The Morgan fingerprint density at radius 1 is 1.25 bits per heavy atom. The second-order valence-corrected chi connectivity index (χ2v) is 5.20. The lowest BCUT2D eigenvalue weighted by Crippen LogP contribution is -2.26. The zero-order valence-electron chi connectivity index (χ0n) is 12.7. The molecule has 0 saturated heterocycles. The number of nitrogens with one attached hydrogen (secondary N) is 1. The third-order valence-corrected chi connectivity index (χ3v) is 3.54. The third-order valence-electron chi connectivity index (χ3n) is 3.54. The maximum Gasteiger partial charge on any atom is 0.287 e. The number of rotatable bonds is 4. The Morgan fingerprint density at radius 2 is 2.12 bits per heavy atom. The van der Waals surface area contributed by atoms with Crippen LogP contribution in [0.5, 0.6) is 11.5 Å². The Bertz CT molecular complexity index is 872. The van der Waals surface area contributed by atoms with E-state index in [1.54, 1.807) is 31.2 Å². The van der Waals surface area contributed by atoms with Crippen LogP contribution in [0.15, 0.2) is 45.5 Å². The molecule has 0 fully saturated rings. The van der Waals surface area contributed by atoms with Gasteiger partial charge in [-0.2, -0.15) is 4.98 Å². The molecule has 1 atom stereocenters. The molecule has 1 aliphatic rings. The van der Waals surface area contributed by atoms with E-state index in [0.29, 0.717) is 23.2 Å². The average molecular weight is 327 g/mol.